The number of aryl methyl sites for hydroxylation is 1. The highest BCUT2D eigenvalue weighted by Gasteiger charge is 2.26. The first-order valence-corrected chi connectivity index (χ1v) is 7.62. The lowest BCUT2D eigenvalue weighted by molar-refractivity contribution is 0.284. The highest BCUT2D eigenvalue weighted by molar-refractivity contribution is 5.41. The van der Waals surface area contributed by atoms with Gasteiger partial charge in [-0.05, 0) is 44.7 Å². The van der Waals surface area contributed by atoms with Crippen LogP contribution in [0.5, 0.6) is 0 Å². The fourth-order valence-corrected chi connectivity index (χ4v) is 2.83. The molecule has 6 nitrogen and oxygen atoms in total. The summed E-state index contributed by atoms with van der Waals surface area (Å²) >= 11 is 0. The summed E-state index contributed by atoms with van der Waals surface area (Å²) < 4.78 is 5.42. The summed E-state index contributed by atoms with van der Waals surface area (Å²) in [6, 6.07) is 0.633. The van der Waals surface area contributed by atoms with Crippen molar-refractivity contribution in [3.05, 3.63) is 23.8 Å². The normalized spacial score (nSPS) is 22.4. The molecule has 0 radical (unpaired) electrons. The molecule has 2 aromatic rings. The van der Waals surface area contributed by atoms with Crippen LogP contribution in [0.1, 0.15) is 50.0 Å². The molecular formula is C15H21N5O. The van der Waals surface area contributed by atoms with Crippen LogP contribution in [-0.2, 0) is 0 Å². The summed E-state index contributed by atoms with van der Waals surface area (Å²) in [4.78, 5) is 13.0. The molecule has 0 spiro atoms. The summed E-state index contributed by atoms with van der Waals surface area (Å²) in [6.07, 6.45) is 8.04. The minimum Gasteiger partial charge on any atom is -0.339 e. The minimum atomic E-state index is 0.367. The van der Waals surface area contributed by atoms with Crippen molar-refractivity contribution in [1.29, 1.82) is 0 Å². The maximum Gasteiger partial charge on any atom is 0.240 e. The van der Waals surface area contributed by atoms with E-state index in [4.69, 9.17) is 4.52 Å². The topological polar surface area (TPSA) is 76.7 Å². The maximum absolute atomic E-state index is 5.42. The summed E-state index contributed by atoms with van der Waals surface area (Å²) in [6.45, 7) is 5.14. The zero-order valence-corrected chi connectivity index (χ0v) is 12.5. The smallest absolute Gasteiger partial charge is 0.240 e. The van der Waals surface area contributed by atoms with Crippen LogP contribution < -0.4 is 5.32 Å². The number of hydrogen-bond donors (Lipinski definition) is 1. The third kappa shape index (κ3) is 3.26. The highest BCUT2D eigenvalue weighted by atomic mass is 16.5. The second-order valence-corrected chi connectivity index (χ2v) is 5.65. The number of aromatic nitrogens is 4. The molecular weight excluding hydrogens is 266 g/mol. The van der Waals surface area contributed by atoms with E-state index in [1.165, 1.54) is 0 Å². The van der Waals surface area contributed by atoms with Gasteiger partial charge in [-0.25, -0.2) is 9.97 Å². The van der Waals surface area contributed by atoms with Gasteiger partial charge >= 0.3 is 0 Å². The molecule has 0 aromatic carbocycles. The van der Waals surface area contributed by atoms with Gasteiger partial charge in [0.15, 0.2) is 0 Å². The van der Waals surface area contributed by atoms with Crippen molar-refractivity contribution >= 4 is 0 Å². The lowest BCUT2D eigenvalue weighted by atomic mass is 9.86. The van der Waals surface area contributed by atoms with Gasteiger partial charge in [0.25, 0.3) is 0 Å². The Labute approximate surface area is 124 Å². The van der Waals surface area contributed by atoms with Gasteiger partial charge in [0, 0.05) is 24.4 Å². The average molecular weight is 287 g/mol. The van der Waals surface area contributed by atoms with Crippen molar-refractivity contribution in [3.63, 3.8) is 0 Å². The van der Waals surface area contributed by atoms with Crippen molar-refractivity contribution < 1.29 is 4.52 Å². The van der Waals surface area contributed by atoms with Gasteiger partial charge in [-0.3, -0.25) is 0 Å². The molecule has 1 fully saturated rings. The van der Waals surface area contributed by atoms with Crippen LogP contribution in [-0.4, -0.2) is 32.7 Å². The van der Waals surface area contributed by atoms with E-state index < -0.39 is 0 Å². The summed E-state index contributed by atoms with van der Waals surface area (Å²) in [5.74, 6) is 2.10. The molecule has 0 saturated heterocycles. The van der Waals surface area contributed by atoms with Crippen LogP contribution in [0.15, 0.2) is 16.9 Å². The fraction of sp³-hybridized carbons (Fsp3) is 0.600. The Balaban J connectivity index is 1.67. The zero-order chi connectivity index (χ0) is 14.7. The first-order chi connectivity index (χ1) is 10.3. The zero-order valence-electron chi connectivity index (χ0n) is 12.5. The second kappa shape index (κ2) is 6.30. The molecule has 0 atom stereocenters. The molecule has 6 heteroatoms. The van der Waals surface area contributed by atoms with Crippen molar-refractivity contribution in [2.24, 2.45) is 0 Å². The van der Waals surface area contributed by atoms with E-state index in [0.717, 1.165) is 43.7 Å². The largest absolute Gasteiger partial charge is 0.339 e. The molecule has 2 aromatic heterocycles. The summed E-state index contributed by atoms with van der Waals surface area (Å²) in [5.41, 5.74) is 1.02. The molecule has 1 aliphatic rings. The van der Waals surface area contributed by atoms with Gasteiger partial charge in [-0.2, -0.15) is 4.98 Å². The first kappa shape index (κ1) is 14.1. The Kier molecular flexibility index (Phi) is 4.24. The third-order valence-electron chi connectivity index (χ3n) is 3.99. The Morgan fingerprint density at radius 2 is 1.86 bits per heavy atom. The lowest BCUT2D eigenvalue weighted by Crippen LogP contribution is -2.32. The molecule has 3 rings (SSSR count). The van der Waals surface area contributed by atoms with Gasteiger partial charge in [0.1, 0.15) is 0 Å². The standard InChI is InChI=1S/C15H21N5O/c1-3-16-12-6-4-11(5-7-12)15-19-14(20-21-15)13-17-8-10(2)9-18-13/h8-9,11-12,16H,3-7H2,1-2H3. The Morgan fingerprint density at radius 1 is 1.14 bits per heavy atom. The maximum atomic E-state index is 5.42. The van der Waals surface area contributed by atoms with E-state index >= 15 is 0 Å². The highest BCUT2D eigenvalue weighted by Crippen LogP contribution is 2.32. The number of nitrogens with zero attached hydrogens (tertiary/aromatic N) is 4. The van der Waals surface area contributed by atoms with Crippen LogP contribution in [0.4, 0.5) is 0 Å². The average Bonchev–Trinajstić information content (AvgIpc) is 2.99. The third-order valence-corrected chi connectivity index (χ3v) is 3.99. The summed E-state index contributed by atoms with van der Waals surface area (Å²) in [5, 5.41) is 7.53. The number of nitrogens with one attached hydrogen (secondary N) is 1. The van der Waals surface area contributed by atoms with E-state index in [1.54, 1.807) is 12.4 Å². The van der Waals surface area contributed by atoms with Crippen LogP contribution in [0.25, 0.3) is 11.6 Å². The van der Waals surface area contributed by atoms with Crippen molar-refractivity contribution in [3.8, 4) is 11.6 Å². The van der Waals surface area contributed by atoms with Crippen LogP contribution in [0.2, 0.25) is 0 Å². The second-order valence-electron chi connectivity index (χ2n) is 5.65. The van der Waals surface area contributed by atoms with Crippen molar-refractivity contribution in [2.75, 3.05) is 6.54 Å². The van der Waals surface area contributed by atoms with E-state index in [9.17, 15) is 0 Å². The van der Waals surface area contributed by atoms with Gasteiger partial charge < -0.3 is 9.84 Å². The van der Waals surface area contributed by atoms with Gasteiger partial charge in [0.05, 0.1) is 0 Å². The molecule has 0 bridgehead atoms. The molecule has 2 heterocycles. The monoisotopic (exact) mass is 287 g/mol. The predicted octanol–water partition coefficient (Wildman–Crippen LogP) is 2.47. The van der Waals surface area contributed by atoms with E-state index in [2.05, 4.69) is 32.3 Å². The molecule has 0 aliphatic heterocycles. The predicted molar refractivity (Wildman–Crippen MR) is 78.7 cm³/mol. The Bertz CT molecular complexity index is 572. The van der Waals surface area contributed by atoms with Crippen molar-refractivity contribution in [1.82, 2.24) is 25.4 Å². The van der Waals surface area contributed by atoms with Crippen LogP contribution in [0, 0.1) is 6.92 Å². The number of rotatable bonds is 4. The SMILES string of the molecule is CCNC1CCC(c2nc(-c3ncc(C)cn3)no2)CC1. The quantitative estimate of drug-likeness (QED) is 0.931. The molecule has 0 unspecified atom stereocenters. The first-order valence-electron chi connectivity index (χ1n) is 7.62. The van der Waals surface area contributed by atoms with E-state index in [-0.39, 0.29) is 0 Å². The van der Waals surface area contributed by atoms with E-state index in [1.807, 2.05) is 6.92 Å². The molecule has 1 saturated carbocycles. The molecule has 21 heavy (non-hydrogen) atoms. The van der Waals surface area contributed by atoms with Crippen molar-refractivity contribution in [2.45, 2.75) is 51.5 Å². The lowest BCUT2D eigenvalue weighted by Gasteiger charge is -2.26. The van der Waals surface area contributed by atoms with Gasteiger partial charge in [-0.1, -0.05) is 12.1 Å². The molecule has 1 aliphatic carbocycles. The number of hydrogen-bond acceptors (Lipinski definition) is 6. The van der Waals surface area contributed by atoms with Gasteiger partial charge in [-0.15, -0.1) is 0 Å². The van der Waals surface area contributed by atoms with Gasteiger partial charge in [0.2, 0.25) is 17.5 Å². The molecule has 1 N–H and O–H groups in total. The van der Waals surface area contributed by atoms with E-state index in [0.29, 0.717) is 23.6 Å². The van der Waals surface area contributed by atoms with Crippen LogP contribution >= 0.6 is 0 Å². The Morgan fingerprint density at radius 3 is 2.52 bits per heavy atom. The fourth-order valence-electron chi connectivity index (χ4n) is 2.83. The summed E-state index contributed by atoms with van der Waals surface area (Å²) in [7, 11) is 0. The minimum absolute atomic E-state index is 0.367. The van der Waals surface area contributed by atoms with Crippen LogP contribution in [0.3, 0.4) is 0 Å². The molecule has 0 amide bonds. The Hall–Kier alpha value is -1.82. The molecule has 112 valence electrons.